The van der Waals surface area contributed by atoms with Crippen molar-refractivity contribution >= 4 is 11.4 Å². The Morgan fingerprint density at radius 2 is 1.96 bits per heavy atom. The van der Waals surface area contributed by atoms with Crippen LogP contribution in [0.25, 0.3) is 27.9 Å². The number of pyridine rings is 1. The van der Waals surface area contributed by atoms with Crippen LogP contribution in [0.4, 0.5) is 0 Å². The number of rotatable bonds is 3. The molecule has 0 aliphatic carbocycles. The van der Waals surface area contributed by atoms with Crippen molar-refractivity contribution in [1.29, 1.82) is 0 Å². The monoisotopic (exact) mass is 374 g/mol. The van der Waals surface area contributed by atoms with E-state index >= 15 is 0 Å². The SMILES string of the molecule is CN1CCC(O)(c2cc(-c3cccc(-c4ccn5cncc5c4)c3)no2)C1=O. The van der Waals surface area contributed by atoms with E-state index in [0.29, 0.717) is 18.7 Å². The normalized spacial score (nSPS) is 19.6. The van der Waals surface area contributed by atoms with Crippen molar-refractivity contribution in [3.8, 4) is 22.4 Å². The number of fused-ring (bicyclic) bond motifs is 1. The van der Waals surface area contributed by atoms with Gasteiger partial charge in [-0.25, -0.2) is 4.98 Å². The number of likely N-dealkylation sites (N-methyl/N-ethyl adjacent to an activating group) is 1. The molecular weight excluding hydrogens is 356 g/mol. The number of hydrogen-bond acceptors (Lipinski definition) is 5. The summed E-state index contributed by atoms with van der Waals surface area (Å²) in [7, 11) is 1.67. The highest BCUT2D eigenvalue weighted by atomic mass is 16.5. The van der Waals surface area contributed by atoms with Crippen LogP contribution >= 0.6 is 0 Å². The minimum atomic E-state index is -1.63. The molecule has 1 unspecified atom stereocenters. The van der Waals surface area contributed by atoms with Crippen LogP contribution in [-0.2, 0) is 10.4 Å². The molecule has 0 radical (unpaired) electrons. The minimum absolute atomic E-state index is 0.183. The summed E-state index contributed by atoms with van der Waals surface area (Å²) in [4.78, 5) is 17.9. The van der Waals surface area contributed by atoms with E-state index in [2.05, 4.69) is 16.2 Å². The molecule has 1 amide bonds. The molecular formula is C21H18N4O3. The van der Waals surface area contributed by atoms with Crippen molar-refractivity contribution in [2.24, 2.45) is 0 Å². The molecule has 28 heavy (non-hydrogen) atoms. The second-order valence-corrected chi connectivity index (χ2v) is 7.14. The van der Waals surface area contributed by atoms with Gasteiger partial charge in [0.2, 0.25) is 5.60 Å². The Morgan fingerprint density at radius 3 is 2.79 bits per heavy atom. The highest BCUT2D eigenvalue weighted by Gasteiger charge is 2.48. The number of benzene rings is 1. The third-order valence-corrected chi connectivity index (χ3v) is 5.33. The first-order valence-corrected chi connectivity index (χ1v) is 9.02. The van der Waals surface area contributed by atoms with E-state index in [4.69, 9.17) is 4.52 Å². The lowest BCUT2D eigenvalue weighted by Gasteiger charge is -2.16. The Kier molecular flexibility index (Phi) is 3.60. The van der Waals surface area contributed by atoms with Gasteiger partial charge in [-0.2, -0.15) is 0 Å². The molecule has 7 heteroatoms. The van der Waals surface area contributed by atoms with Gasteiger partial charge in [0.25, 0.3) is 5.91 Å². The fourth-order valence-corrected chi connectivity index (χ4v) is 3.65. The average molecular weight is 374 g/mol. The number of aromatic nitrogens is 3. The molecule has 1 fully saturated rings. The molecule has 1 saturated heterocycles. The quantitative estimate of drug-likeness (QED) is 0.596. The number of amides is 1. The third-order valence-electron chi connectivity index (χ3n) is 5.33. The fourth-order valence-electron chi connectivity index (χ4n) is 3.65. The van der Waals surface area contributed by atoms with Crippen molar-refractivity contribution in [1.82, 2.24) is 19.4 Å². The highest BCUT2D eigenvalue weighted by molar-refractivity contribution is 5.87. The molecule has 0 saturated carbocycles. The first kappa shape index (κ1) is 16.7. The Morgan fingerprint density at radius 1 is 1.14 bits per heavy atom. The van der Waals surface area contributed by atoms with Crippen molar-refractivity contribution in [2.45, 2.75) is 12.0 Å². The summed E-state index contributed by atoms with van der Waals surface area (Å²) in [5, 5.41) is 14.8. The lowest BCUT2D eigenvalue weighted by Crippen LogP contribution is -2.35. The summed E-state index contributed by atoms with van der Waals surface area (Å²) in [6.07, 6.45) is 5.84. The van der Waals surface area contributed by atoms with E-state index in [1.165, 1.54) is 4.90 Å². The molecule has 140 valence electrons. The molecule has 4 aromatic rings. The number of hydrogen-bond donors (Lipinski definition) is 1. The molecule has 0 bridgehead atoms. The van der Waals surface area contributed by atoms with Crippen LogP contribution in [0.2, 0.25) is 0 Å². The smallest absolute Gasteiger partial charge is 0.262 e. The lowest BCUT2D eigenvalue weighted by atomic mass is 9.97. The van der Waals surface area contributed by atoms with Gasteiger partial charge in [0.1, 0.15) is 5.69 Å². The number of imidazole rings is 1. The predicted molar refractivity (Wildman–Crippen MR) is 102 cm³/mol. The summed E-state index contributed by atoms with van der Waals surface area (Å²) in [6, 6.07) is 13.6. The number of carbonyl (C=O) groups excluding carboxylic acids is 1. The summed E-state index contributed by atoms with van der Waals surface area (Å²) in [6.45, 7) is 0.484. The molecule has 1 atom stereocenters. The van der Waals surface area contributed by atoms with Gasteiger partial charge in [-0.1, -0.05) is 23.4 Å². The minimum Gasteiger partial charge on any atom is -0.373 e. The van der Waals surface area contributed by atoms with Crippen LogP contribution in [-0.4, -0.2) is 44.0 Å². The second-order valence-electron chi connectivity index (χ2n) is 7.14. The Labute approximate surface area is 160 Å². The van der Waals surface area contributed by atoms with Crippen LogP contribution in [0.5, 0.6) is 0 Å². The van der Waals surface area contributed by atoms with Crippen molar-refractivity contribution in [3.05, 3.63) is 66.9 Å². The first-order chi connectivity index (χ1) is 13.5. The van der Waals surface area contributed by atoms with Crippen LogP contribution < -0.4 is 0 Å². The molecule has 0 spiro atoms. The molecule has 1 N–H and O–H groups in total. The van der Waals surface area contributed by atoms with Gasteiger partial charge in [-0.15, -0.1) is 0 Å². The largest absolute Gasteiger partial charge is 0.373 e. The van der Waals surface area contributed by atoms with E-state index in [0.717, 1.165) is 22.2 Å². The molecule has 1 aliphatic heterocycles. The standard InChI is InChI=1S/C21H18N4O3/c1-24-8-6-21(27,20(24)26)19-11-18(23-28-19)16-4-2-3-14(9-16)15-5-7-25-13-22-12-17(25)10-15/h2-5,7,9-13,27H,6,8H2,1H3. The summed E-state index contributed by atoms with van der Waals surface area (Å²) in [5.41, 5.74) is 2.90. The first-order valence-electron chi connectivity index (χ1n) is 9.02. The number of likely N-dealkylation sites (tertiary alicyclic amines) is 1. The lowest BCUT2D eigenvalue weighted by molar-refractivity contribution is -0.144. The zero-order valence-corrected chi connectivity index (χ0v) is 15.2. The fraction of sp³-hybridized carbons (Fsp3) is 0.190. The van der Waals surface area contributed by atoms with Crippen molar-refractivity contribution < 1.29 is 14.4 Å². The predicted octanol–water partition coefficient (Wildman–Crippen LogP) is 2.71. The van der Waals surface area contributed by atoms with Crippen LogP contribution in [0, 0.1) is 0 Å². The van der Waals surface area contributed by atoms with Crippen molar-refractivity contribution in [3.63, 3.8) is 0 Å². The van der Waals surface area contributed by atoms with Gasteiger partial charge in [-0.05, 0) is 29.3 Å². The Bertz CT molecular complexity index is 1200. The second kappa shape index (κ2) is 6.03. The van der Waals surface area contributed by atoms with E-state index in [1.54, 1.807) is 19.4 Å². The Balaban J connectivity index is 1.50. The number of nitrogens with zero attached hydrogens (tertiary/aromatic N) is 4. The molecule has 4 heterocycles. The zero-order chi connectivity index (χ0) is 19.3. The molecule has 1 aromatic carbocycles. The number of aliphatic hydroxyl groups is 1. The topological polar surface area (TPSA) is 83.9 Å². The zero-order valence-electron chi connectivity index (χ0n) is 15.2. The maximum Gasteiger partial charge on any atom is 0.262 e. The molecule has 7 nitrogen and oxygen atoms in total. The maximum absolute atomic E-state index is 12.3. The van der Waals surface area contributed by atoms with E-state index in [-0.39, 0.29) is 11.7 Å². The van der Waals surface area contributed by atoms with Gasteiger partial charge < -0.3 is 18.9 Å². The van der Waals surface area contributed by atoms with Gasteiger partial charge in [0, 0.05) is 37.8 Å². The molecule has 5 rings (SSSR count). The van der Waals surface area contributed by atoms with E-state index < -0.39 is 5.60 Å². The summed E-state index contributed by atoms with van der Waals surface area (Å²) < 4.78 is 7.31. The van der Waals surface area contributed by atoms with Gasteiger partial charge >= 0.3 is 0 Å². The van der Waals surface area contributed by atoms with Gasteiger partial charge in [-0.3, -0.25) is 4.79 Å². The maximum atomic E-state index is 12.3. The molecule has 1 aliphatic rings. The van der Waals surface area contributed by atoms with Gasteiger partial charge in [0.15, 0.2) is 5.76 Å². The van der Waals surface area contributed by atoms with Crippen LogP contribution in [0.3, 0.4) is 0 Å². The average Bonchev–Trinajstić information content (AvgIpc) is 3.45. The van der Waals surface area contributed by atoms with E-state index in [1.807, 2.05) is 47.1 Å². The molecule has 3 aromatic heterocycles. The summed E-state index contributed by atoms with van der Waals surface area (Å²) >= 11 is 0. The summed E-state index contributed by atoms with van der Waals surface area (Å²) in [5.74, 6) is -0.180. The Hall–Kier alpha value is -3.45. The van der Waals surface area contributed by atoms with Crippen molar-refractivity contribution in [2.75, 3.05) is 13.6 Å². The third kappa shape index (κ3) is 2.51. The highest BCUT2D eigenvalue weighted by Crippen LogP contribution is 2.35. The van der Waals surface area contributed by atoms with Crippen LogP contribution in [0.15, 0.2) is 65.7 Å². The van der Waals surface area contributed by atoms with Gasteiger partial charge in [0.05, 0.1) is 18.0 Å². The van der Waals surface area contributed by atoms with Crippen LogP contribution in [0.1, 0.15) is 12.2 Å². The van der Waals surface area contributed by atoms with E-state index in [9.17, 15) is 9.90 Å². The number of carbonyl (C=O) groups is 1.